The number of ether oxygens (including phenoxy) is 1. The summed E-state index contributed by atoms with van der Waals surface area (Å²) in [6.07, 6.45) is 0.582. The van der Waals surface area contributed by atoms with Gasteiger partial charge in [0.1, 0.15) is 11.6 Å². The Morgan fingerprint density at radius 3 is 2.53 bits per heavy atom. The number of hydrogen-bond donors (Lipinski definition) is 1. The van der Waals surface area contributed by atoms with E-state index in [1.165, 1.54) is 28.6 Å². The molecule has 1 N–H and O–H groups in total. The second-order valence-electron chi connectivity index (χ2n) is 7.63. The predicted molar refractivity (Wildman–Crippen MR) is 119 cm³/mol. The van der Waals surface area contributed by atoms with Crippen LogP contribution in [0.5, 0.6) is 0 Å². The van der Waals surface area contributed by atoms with Gasteiger partial charge in [0.05, 0.1) is 16.1 Å². The molecule has 1 aliphatic heterocycles. The van der Waals surface area contributed by atoms with E-state index < -0.39 is 45.8 Å². The molecule has 176 valence electrons. The SMILES string of the molecule is O=C(COC(=O)c1cccc(S(=O)(=O)N2CCc3ccccc3C2)c1)Nc1cc(F)ccc1F. The van der Waals surface area contributed by atoms with E-state index >= 15 is 0 Å². The number of anilines is 1. The first kappa shape index (κ1) is 23.5. The van der Waals surface area contributed by atoms with Crippen LogP contribution in [0, 0.1) is 11.6 Å². The van der Waals surface area contributed by atoms with Gasteiger partial charge in [-0.2, -0.15) is 4.31 Å². The molecule has 1 amide bonds. The summed E-state index contributed by atoms with van der Waals surface area (Å²) < 4.78 is 59.4. The molecule has 34 heavy (non-hydrogen) atoms. The molecule has 1 aliphatic rings. The third-order valence-corrected chi connectivity index (χ3v) is 7.18. The van der Waals surface area contributed by atoms with Crippen LogP contribution in [0.1, 0.15) is 21.5 Å². The average molecular weight is 486 g/mol. The number of esters is 1. The number of nitrogens with one attached hydrogen (secondary N) is 1. The highest BCUT2D eigenvalue weighted by Gasteiger charge is 2.29. The lowest BCUT2D eigenvalue weighted by Crippen LogP contribution is -2.36. The van der Waals surface area contributed by atoms with Gasteiger partial charge in [0.25, 0.3) is 5.91 Å². The minimum Gasteiger partial charge on any atom is -0.452 e. The number of fused-ring (bicyclic) bond motifs is 1. The fourth-order valence-electron chi connectivity index (χ4n) is 3.60. The molecule has 1 heterocycles. The Morgan fingerprint density at radius 2 is 1.74 bits per heavy atom. The molecule has 10 heteroatoms. The van der Waals surface area contributed by atoms with Gasteiger partial charge in [-0.25, -0.2) is 22.0 Å². The molecule has 0 spiro atoms. The van der Waals surface area contributed by atoms with Crippen LogP contribution in [-0.2, 0) is 32.5 Å². The van der Waals surface area contributed by atoms with Crippen LogP contribution in [0.25, 0.3) is 0 Å². The normalized spacial score (nSPS) is 13.7. The predicted octanol–water partition coefficient (Wildman–Crippen LogP) is 3.51. The van der Waals surface area contributed by atoms with Gasteiger partial charge in [-0.05, 0) is 47.9 Å². The van der Waals surface area contributed by atoms with Crippen LogP contribution in [0.2, 0.25) is 0 Å². The maximum absolute atomic E-state index is 13.6. The van der Waals surface area contributed by atoms with Crippen molar-refractivity contribution in [3.8, 4) is 0 Å². The monoisotopic (exact) mass is 486 g/mol. The Morgan fingerprint density at radius 1 is 0.971 bits per heavy atom. The molecule has 0 unspecified atom stereocenters. The molecule has 0 aliphatic carbocycles. The quantitative estimate of drug-likeness (QED) is 0.539. The molecule has 0 saturated carbocycles. The fourth-order valence-corrected chi connectivity index (χ4v) is 5.07. The van der Waals surface area contributed by atoms with Gasteiger partial charge in [0, 0.05) is 19.2 Å². The summed E-state index contributed by atoms with van der Waals surface area (Å²) in [7, 11) is -3.87. The third kappa shape index (κ3) is 5.13. The van der Waals surface area contributed by atoms with Crippen molar-refractivity contribution in [2.75, 3.05) is 18.5 Å². The maximum atomic E-state index is 13.6. The number of hydrogen-bond acceptors (Lipinski definition) is 5. The summed E-state index contributed by atoms with van der Waals surface area (Å²) in [4.78, 5) is 24.3. The van der Waals surface area contributed by atoms with Crippen LogP contribution >= 0.6 is 0 Å². The Balaban J connectivity index is 1.42. The molecular weight excluding hydrogens is 466 g/mol. The molecular formula is C24H20F2N2O5S. The molecule has 0 aromatic heterocycles. The van der Waals surface area contributed by atoms with Crippen LogP contribution < -0.4 is 5.32 Å². The first-order valence-corrected chi connectivity index (χ1v) is 11.8. The second-order valence-corrected chi connectivity index (χ2v) is 9.57. The van der Waals surface area contributed by atoms with Gasteiger partial charge in [-0.3, -0.25) is 4.79 Å². The van der Waals surface area contributed by atoms with E-state index in [0.29, 0.717) is 13.0 Å². The summed E-state index contributed by atoms with van der Waals surface area (Å²) in [5.41, 5.74) is 1.57. The fraction of sp³-hybridized carbons (Fsp3) is 0.167. The number of benzene rings is 3. The smallest absolute Gasteiger partial charge is 0.338 e. The second kappa shape index (κ2) is 9.70. The van der Waals surface area contributed by atoms with Gasteiger partial charge >= 0.3 is 5.97 Å². The lowest BCUT2D eigenvalue weighted by molar-refractivity contribution is -0.119. The highest BCUT2D eigenvalue weighted by molar-refractivity contribution is 7.89. The molecule has 0 atom stereocenters. The molecule has 4 rings (SSSR count). The molecule has 7 nitrogen and oxygen atoms in total. The minimum atomic E-state index is -3.87. The molecule has 3 aromatic rings. The summed E-state index contributed by atoms with van der Waals surface area (Å²) in [5, 5.41) is 2.11. The Hall–Kier alpha value is -3.63. The first-order chi connectivity index (χ1) is 16.2. The Labute approximate surface area is 195 Å². The van der Waals surface area contributed by atoms with E-state index in [0.717, 1.165) is 29.3 Å². The van der Waals surface area contributed by atoms with Gasteiger partial charge < -0.3 is 10.1 Å². The molecule has 0 radical (unpaired) electrons. The van der Waals surface area contributed by atoms with Gasteiger partial charge in [0.2, 0.25) is 10.0 Å². The molecule has 0 bridgehead atoms. The van der Waals surface area contributed by atoms with Crippen molar-refractivity contribution in [1.82, 2.24) is 4.31 Å². The zero-order chi connectivity index (χ0) is 24.3. The number of nitrogens with zero attached hydrogens (tertiary/aromatic N) is 1. The lowest BCUT2D eigenvalue weighted by Gasteiger charge is -2.28. The van der Waals surface area contributed by atoms with Crippen molar-refractivity contribution >= 4 is 27.6 Å². The van der Waals surface area contributed by atoms with E-state index in [2.05, 4.69) is 5.32 Å². The number of amides is 1. The standard InChI is InChI=1S/C24H20F2N2O5S/c25-19-8-9-21(26)22(13-19)27-23(29)15-33-24(30)17-6-3-7-20(12-17)34(31,32)28-11-10-16-4-1-2-5-18(16)14-28/h1-9,12-13H,10-11,14-15H2,(H,27,29). The summed E-state index contributed by atoms with van der Waals surface area (Å²) in [6.45, 7) is -0.233. The van der Waals surface area contributed by atoms with Crippen molar-refractivity contribution in [2.45, 2.75) is 17.9 Å². The zero-order valence-corrected chi connectivity index (χ0v) is 18.6. The highest BCUT2D eigenvalue weighted by Crippen LogP contribution is 2.25. The van der Waals surface area contributed by atoms with Crippen molar-refractivity contribution in [3.05, 3.63) is 95.1 Å². The topological polar surface area (TPSA) is 92.8 Å². The van der Waals surface area contributed by atoms with Crippen molar-refractivity contribution in [1.29, 1.82) is 0 Å². The largest absolute Gasteiger partial charge is 0.452 e. The number of sulfonamides is 1. The summed E-state index contributed by atoms with van der Waals surface area (Å²) in [5.74, 6) is -3.41. The van der Waals surface area contributed by atoms with Crippen molar-refractivity contribution in [3.63, 3.8) is 0 Å². The van der Waals surface area contributed by atoms with Crippen LogP contribution in [-0.4, -0.2) is 37.8 Å². The maximum Gasteiger partial charge on any atom is 0.338 e. The first-order valence-electron chi connectivity index (χ1n) is 10.3. The summed E-state index contributed by atoms with van der Waals surface area (Å²) in [6, 6.07) is 15.5. The van der Waals surface area contributed by atoms with E-state index in [1.54, 1.807) is 0 Å². The van der Waals surface area contributed by atoms with E-state index in [4.69, 9.17) is 4.74 Å². The Kier molecular flexibility index (Phi) is 6.71. The highest BCUT2D eigenvalue weighted by atomic mass is 32.2. The number of carbonyl (C=O) groups is 2. The average Bonchev–Trinajstić information content (AvgIpc) is 2.84. The van der Waals surface area contributed by atoms with Crippen LogP contribution in [0.4, 0.5) is 14.5 Å². The van der Waals surface area contributed by atoms with Gasteiger partial charge in [-0.1, -0.05) is 30.3 Å². The molecule has 3 aromatic carbocycles. The minimum absolute atomic E-state index is 0.0665. The van der Waals surface area contributed by atoms with Gasteiger partial charge in [-0.15, -0.1) is 0 Å². The molecule has 0 saturated heterocycles. The summed E-state index contributed by atoms with van der Waals surface area (Å²) >= 11 is 0. The van der Waals surface area contributed by atoms with E-state index in [-0.39, 0.29) is 17.0 Å². The molecule has 0 fully saturated rings. The number of carbonyl (C=O) groups excluding carboxylic acids is 2. The third-order valence-electron chi connectivity index (χ3n) is 5.34. The van der Waals surface area contributed by atoms with Crippen LogP contribution in [0.3, 0.4) is 0 Å². The van der Waals surface area contributed by atoms with Crippen molar-refractivity contribution in [2.24, 2.45) is 0 Å². The van der Waals surface area contributed by atoms with E-state index in [9.17, 15) is 26.8 Å². The lowest BCUT2D eigenvalue weighted by atomic mass is 10.0. The van der Waals surface area contributed by atoms with Crippen LogP contribution in [0.15, 0.2) is 71.6 Å². The zero-order valence-electron chi connectivity index (χ0n) is 17.8. The number of rotatable bonds is 6. The van der Waals surface area contributed by atoms with E-state index in [1.807, 2.05) is 24.3 Å². The number of halogens is 2. The van der Waals surface area contributed by atoms with Gasteiger partial charge in [0.15, 0.2) is 6.61 Å². The Bertz CT molecular complexity index is 1360. The van der Waals surface area contributed by atoms with Crippen molar-refractivity contribution < 1.29 is 31.5 Å².